The molecule has 0 aliphatic rings. The lowest BCUT2D eigenvalue weighted by molar-refractivity contribution is -0.275. The summed E-state index contributed by atoms with van der Waals surface area (Å²) >= 11 is 6.62. The molecule has 268 valence electrons. The van der Waals surface area contributed by atoms with Crippen LogP contribution in [-0.2, 0) is 22.9 Å². The summed E-state index contributed by atoms with van der Waals surface area (Å²) in [4.78, 5) is 10.9. The number of sulfonamides is 1. The maximum absolute atomic E-state index is 13.5. The van der Waals surface area contributed by atoms with Gasteiger partial charge in [0.15, 0.2) is 0 Å². The van der Waals surface area contributed by atoms with E-state index in [9.17, 15) is 31.5 Å². The van der Waals surface area contributed by atoms with Gasteiger partial charge in [-0.1, -0.05) is 103 Å². The molecule has 0 saturated heterocycles. The average molecular weight is 747 g/mol. The van der Waals surface area contributed by atoms with Crippen molar-refractivity contribution in [2.24, 2.45) is 0 Å². The van der Waals surface area contributed by atoms with Crippen molar-refractivity contribution in [2.75, 3.05) is 6.54 Å². The van der Waals surface area contributed by atoms with Crippen molar-refractivity contribution in [3.8, 4) is 5.75 Å². The van der Waals surface area contributed by atoms with E-state index in [1.54, 1.807) is 30.3 Å². The van der Waals surface area contributed by atoms with Crippen LogP contribution in [0, 0.1) is 0 Å². The Hall–Kier alpha value is -5.10. The molecular formula is C40H34ClF3N2O5S. The van der Waals surface area contributed by atoms with E-state index >= 15 is 0 Å². The van der Waals surface area contributed by atoms with Crippen molar-refractivity contribution in [1.82, 2.24) is 9.29 Å². The lowest BCUT2D eigenvalue weighted by Gasteiger charge is -2.25. The Labute approximate surface area is 304 Å². The SMILES string of the molecule is CC(Cc1ccc(C(=O)O)cc1)c1c(CCNS(=O)(=O)c2ccccc2OC(F)(F)F)n(C(c2ccccc2)c2ccccc2)c2ccc(Cl)cc12. The Bertz CT molecular complexity index is 2260. The molecule has 1 unspecified atom stereocenters. The van der Waals surface area contributed by atoms with Gasteiger partial charge in [-0.15, -0.1) is 13.2 Å². The first kappa shape index (κ1) is 36.7. The van der Waals surface area contributed by atoms with Crippen molar-refractivity contribution in [3.05, 3.63) is 166 Å². The lowest BCUT2D eigenvalue weighted by atomic mass is 9.90. The first-order chi connectivity index (χ1) is 24.8. The van der Waals surface area contributed by atoms with Gasteiger partial charge in [0.2, 0.25) is 10.0 Å². The van der Waals surface area contributed by atoms with Crippen LogP contribution < -0.4 is 9.46 Å². The molecular weight excluding hydrogens is 713 g/mol. The number of rotatable bonds is 13. The minimum absolute atomic E-state index is 0.154. The summed E-state index contributed by atoms with van der Waals surface area (Å²) in [5.74, 6) is -2.03. The second-order valence-electron chi connectivity index (χ2n) is 12.4. The van der Waals surface area contributed by atoms with Gasteiger partial charge < -0.3 is 14.4 Å². The Morgan fingerprint density at radius 2 is 1.46 bits per heavy atom. The molecule has 0 spiro atoms. The predicted molar refractivity (Wildman–Crippen MR) is 195 cm³/mol. The van der Waals surface area contributed by atoms with Crippen LogP contribution in [0.2, 0.25) is 5.02 Å². The fourth-order valence-corrected chi connectivity index (χ4v) is 8.06. The van der Waals surface area contributed by atoms with E-state index in [2.05, 4.69) is 14.0 Å². The van der Waals surface area contributed by atoms with Crippen LogP contribution in [0.4, 0.5) is 13.2 Å². The van der Waals surface area contributed by atoms with E-state index in [4.69, 9.17) is 11.6 Å². The van der Waals surface area contributed by atoms with Crippen LogP contribution in [0.25, 0.3) is 10.9 Å². The van der Waals surface area contributed by atoms with Crippen molar-refractivity contribution in [2.45, 2.75) is 43.0 Å². The zero-order valence-electron chi connectivity index (χ0n) is 27.8. The number of hydrogen-bond donors (Lipinski definition) is 2. The van der Waals surface area contributed by atoms with Gasteiger partial charge >= 0.3 is 12.3 Å². The van der Waals surface area contributed by atoms with Gasteiger partial charge in [0.05, 0.1) is 11.6 Å². The molecule has 0 fully saturated rings. The Kier molecular flexibility index (Phi) is 10.8. The Balaban J connectivity index is 1.49. The van der Waals surface area contributed by atoms with Crippen LogP contribution in [0.5, 0.6) is 5.75 Å². The highest BCUT2D eigenvalue weighted by molar-refractivity contribution is 7.89. The van der Waals surface area contributed by atoms with E-state index in [1.807, 2.05) is 79.7 Å². The zero-order chi connectivity index (χ0) is 37.0. The van der Waals surface area contributed by atoms with E-state index in [0.717, 1.165) is 51.0 Å². The van der Waals surface area contributed by atoms with Gasteiger partial charge in [-0.25, -0.2) is 17.9 Å². The normalized spacial score (nSPS) is 12.7. The molecule has 0 bridgehead atoms. The molecule has 0 radical (unpaired) electrons. The fourth-order valence-electron chi connectivity index (χ4n) is 6.73. The number of carbonyl (C=O) groups is 1. The number of fused-ring (bicyclic) bond motifs is 1. The van der Waals surface area contributed by atoms with E-state index in [0.29, 0.717) is 11.4 Å². The van der Waals surface area contributed by atoms with Gasteiger partial charge in [-0.3, -0.25) is 0 Å². The summed E-state index contributed by atoms with van der Waals surface area (Å²) in [6.07, 6.45) is -4.41. The average Bonchev–Trinajstić information content (AvgIpc) is 3.41. The van der Waals surface area contributed by atoms with Crippen LogP contribution in [0.3, 0.4) is 0 Å². The first-order valence-corrected chi connectivity index (χ1v) is 18.3. The molecule has 1 heterocycles. The van der Waals surface area contributed by atoms with Crippen molar-refractivity contribution in [1.29, 1.82) is 0 Å². The number of alkyl halides is 3. The third-order valence-electron chi connectivity index (χ3n) is 8.85. The molecule has 2 N–H and O–H groups in total. The third-order valence-corrected chi connectivity index (χ3v) is 10.6. The van der Waals surface area contributed by atoms with Crippen LogP contribution >= 0.6 is 11.6 Å². The molecule has 6 aromatic rings. The summed E-state index contributed by atoms with van der Waals surface area (Å²) in [6, 6.07) is 36.3. The van der Waals surface area contributed by atoms with E-state index < -0.39 is 33.0 Å². The molecule has 6 rings (SSSR count). The van der Waals surface area contributed by atoms with Gasteiger partial charge in [0.25, 0.3) is 0 Å². The van der Waals surface area contributed by atoms with Gasteiger partial charge in [0, 0.05) is 34.6 Å². The molecule has 1 aromatic heterocycles. The molecule has 1 atom stereocenters. The molecule has 52 heavy (non-hydrogen) atoms. The molecule has 12 heteroatoms. The maximum Gasteiger partial charge on any atom is 0.573 e. The lowest BCUT2D eigenvalue weighted by Crippen LogP contribution is -2.29. The second-order valence-corrected chi connectivity index (χ2v) is 14.5. The number of carboxylic acid groups (broad SMARTS) is 1. The highest BCUT2D eigenvalue weighted by Crippen LogP contribution is 2.41. The summed E-state index contributed by atoms with van der Waals surface area (Å²) in [6.45, 7) is 1.89. The summed E-state index contributed by atoms with van der Waals surface area (Å²) < 4.78 is 75.3. The third kappa shape index (κ3) is 8.17. The smallest absolute Gasteiger partial charge is 0.478 e. The molecule has 0 amide bonds. The number of nitrogens with zero attached hydrogens (tertiary/aromatic N) is 1. The highest BCUT2D eigenvalue weighted by atomic mass is 35.5. The first-order valence-electron chi connectivity index (χ1n) is 16.4. The zero-order valence-corrected chi connectivity index (χ0v) is 29.4. The topological polar surface area (TPSA) is 97.6 Å². The quantitative estimate of drug-likeness (QED) is 0.123. The second kappa shape index (κ2) is 15.2. The van der Waals surface area contributed by atoms with Crippen LogP contribution in [0.15, 0.2) is 132 Å². The molecule has 0 aliphatic heterocycles. The number of nitrogens with one attached hydrogen (secondary N) is 1. The van der Waals surface area contributed by atoms with Crippen LogP contribution in [-0.4, -0.2) is 37.0 Å². The predicted octanol–water partition coefficient (Wildman–Crippen LogP) is 9.40. The minimum Gasteiger partial charge on any atom is -0.478 e. The molecule has 0 saturated carbocycles. The largest absolute Gasteiger partial charge is 0.573 e. The molecule has 0 aliphatic carbocycles. The number of halogens is 4. The maximum atomic E-state index is 13.5. The number of aromatic carboxylic acids is 1. The molecule has 7 nitrogen and oxygen atoms in total. The van der Waals surface area contributed by atoms with E-state index in [1.165, 1.54) is 12.1 Å². The highest BCUT2D eigenvalue weighted by Gasteiger charge is 2.34. The number of ether oxygens (including phenoxy) is 1. The van der Waals surface area contributed by atoms with Crippen molar-refractivity contribution in [3.63, 3.8) is 0 Å². The number of para-hydroxylation sites is 1. The number of carboxylic acids is 1. The Morgan fingerprint density at radius 1 is 0.865 bits per heavy atom. The van der Waals surface area contributed by atoms with E-state index in [-0.39, 0.29) is 30.5 Å². The van der Waals surface area contributed by atoms with Crippen molar-refractivity contribution < 1.29 is 36.2 Å². The fraction of sp³-hybridized carbons (Fsp3) is 0.175. The number of benzene rings is 5. The van der Waals surface area contributed by atoms with Crippen LogP contribution in [0.1, 0.15) is 57.2 Å². The molecule has 5 aromatic carbocycles. The Morgan fingerprint density at radius 3 is 2.06 bits per heavy atom. The summed E-state index contributed by atoms with van der Waals surface area (Å²) in [5.41, 5.74) is 5.59. The van der Waals surface area contributed by atoms with Gasteiger partial charge in [-0.2, -0.15) is 0 Å². The number of hydrogen-bond acceptors (Lipinski definition) is 4. The summed E-state index contributed by atoms with van der Waals surface area (Å²) in [7, 11) is -4.45. The monoisotopic (exact) mass is 746 g/mol. The van der Waals surface area contributed by atoms with Gasteiger partial charge in [-0.05, 0) is 77.1 Å². The van der Waals surface area contributed by atoms with Gasteiger partial charge in [0.1, 0.15) is 10.6 Å². The number of aromatic nitrogens is 1. The summed E-state index contributed by atoms with van der Waals surface area (Å²) in [5, 5.41) is 10.8. The standard InChI is InChI=1S/C40H34ClF3N2O5S/c1-26(24-27-16-18-30(19-17-27)39(47)48)37-32-25-31(41)20-21-33(32)46(38(28-10-4-2-5-11-28)29-12-6-3-7-13-29)34(37)22-23-45-52(49,50)36-15-9-8-14-35(36)51-40(42,43)44/h2-21,25-26,38,45H,22-24H2,1H3,(H,47,48). The van der Waals surface area contributed by atoms with Crippen molar-refractivity contribution >= 4 is 38.5 Å². The minimum atomic E-state index is -5.09.